The number of nitrogens with one attached hydrogen (secondary N) is 1. The van der Waals surface area contributed by atoms with Crippen molar-refractivity contribution in [2.24, 2.45) is 5.41 Å². The van der Waals surface area contributed by atoms with Crippen LogP contribution in [0.15, 0.2) is 11.0 Å². The number of aromatic amines is 1. The highest BCUT2D eigenvalue weighted by Crippen LogP contribution is 2.42. The zero-order valence-electron chi connectivity index (χ0n) is 16.9. The van der Waals surface area contributed by atoms with Gasteiger partial charge in [0.1, 0.15) is 0 Å². The van der Waals surface area contributed by atoms with Crippen LogP contribution in [0.4, 0.5) is 0 Å². The molecular weight excluding hydrogens is 338 g/mol. The number of hydrogen-bond donors (Lipinski definition) is 1. The molecule has 1 aromatic heterocycles. The van der Waals surface area contributed by atoms with E-state index < -0.39 is 0 Å². The maximum Gasteiger partial charge on any atom is 0.230 e. The van der Waals surface area contributed by atoms with Gasteiger partial charge in [0.05, 0.1) is 5.41 Å². The van der Waals surface area contributed by atoms with Crippen LogP contribution >= 0.6 is 0 Å². The van der Waals surface area contributed by atoms with Gasteiger partial charge in [-0.2, -0.15) is 0 Å². The van der Waals surface area contributed by atoms with Crippen LogP contribution < -0.4 is 5.43 Å². The van der Waals surface area contributed by atoms with Crippen LogP contribution in [-0.4, -0.2) is 46.4 Å². The number of piperidine rings is 1. The summed E-state index contributed by atoms with van der Waals surface area (Å²) in [5, 5.41) is 0. The van der Waals surface area contributed by atoms with Gasteiger partial charge in [-0.1, -0.05) is 19.3 Å². The van der Waals surface area contributed by atoms with Crippen molar-refractivity contribution in [2.45, 2.75) is 77.8 Å². The van der Waals surface area contributed by atoms with E-state index in [9.17, 15) is 9.59 Å². The number of amides is 1. The molecule has 1 aromatic rings. The number of carbonyl (C=O) groups excluding carboxylic acids is 1. The van der Waals surface area contributed by atoms with Crippen LogP contribution in [0.3, 0.4) is 0 Å². The fourth-order valence-corrected chi connectivity index (χ4v) is 5.50. The number of carbonyl (C=O) groups is 1. The first kappa shape index (κ1) is 18.7. The van der Waals surface area contributed by atoms with E-state index in [1.165, 1.54) is 32.1 Å². The van der Waals surface area contributed by atoms with E-state index in [0.717, 1.165) is 62.3 Å². The molecule has 27 heavy (non-hydrogen) atoms. The third-order valence-corrected chi connectivity index (χ3v) is 7.21. The number of aromatic nitrogens is 1. The first-order chi connectivity index (χ1) is 13.0. The number of nitrogens with zero attached hydrogens (tertiary/aromatic N) is 2. The number of hydrogen-bond acceptors (Lipinski definition) is 3. The van der Waals surface area contributed by atoms with Gasteiger partial charge in [0.15, 0.2) is 5.43 Å². The average molecular weight is 372 g/mol. The molecule has 3 aliphatic rings. The maximum atomic E-state index is 13.5. The van der Waals surface area contributed by atoms with Gasteiger partial charge in [0.2, 0.25) is 5.91 Å². The summed E-state index contributed by atoms with van der Waals surface area (Å²) >= 11 is 0. The van der Waals surface area contributed by atoms with Crippen LogP contribution in [0.2, 0.25) is 0 Å². The SMILES string of the molecule is Cc1c[nH]c(CN2CC[C@@]3(CCCN(C4CCCCC4)C3=O)C2)c(C)c1=O. The lowest BCUT2D eigenvalue weighted by molar-refractivity contribution is -0.149. The predicted octanol–water partition coefficient (Wildman–Crippen LogP) is 3.14. The molecule has 5 nitrogen and oxygen atoms in total. The molecule has 0 unspecified atom stereocenters. The van der Waals surface area contributed by atoms with Gasteiger partial charge in [-0.3, -0.25) is 14.5 Å². The van der Waals surface area contributed by atoms with E-state index in [0.29, 0.717) is 11.9 Å². The van der Waals surface area contributed by atoms with Crippen molar-refractivity contribution >= 4 is 5.91 Å². The highest BCUT2D eigenvalue weighted by Gasteiger charge is 2.49. The third-order valence-electron chi connectivity index (χ3n) is 7.21. The van der Waals surface area contributed by atoms with Crippen molar-refractivity contribution in [3.63, 3.8) is 0 Å². The molecule has 1 N–H and O–H groups in total. The number of pyridine rings is 1. The molecule has 1 amide bonds. The number of aryl methyl sites for hydroxylation is 1. The average Bonchev–Trinajstić information content (AvgIpc) is 3.09. The predicted molar refractivity (Wildman–Crippen MR) is 107 cm³/mol. The first-order valence-electron chi connectivity index (χ1n) is 10.7. The topological polar surface area (TPSA) is 56.4 Å². The molecule has 1 atom stereocenters. The highest BCUT2D eigenvalue weighted by atomic mass is 16.2. The van der Waals surface area contributed by atoms with Crippen molar-refractivity contribution in [2.75, 3.05) is 19.6 Å². The standard InChI is InChI=1S/C22H33N3O2/c1-16-13-23-19(17(2)20(16)26)14-24-12-10-22(15-24)9-6-11-25(21(22)27)18-7-4-3-5-8-18/h13,18H,3-12,14-15H2,1-2H3,(H,23,26)/t22-/m0/s1. The van der Waals surface area contributed by atoms with Crippen LogP contribution in [0, 0.1) is 19.3 Å². The van der Waals surface area contributed by atoms with Gasteiger partial charge in [0.25, 0.3) is 0 Å². The number of H-pyrrole nitrogens is 1. The Morgan fingerprint density at radius 3 is 2.63 bits per heavy atom. The van der Waals surface area contributed by atoms with Gasteiger partial charge in [-0.05, 0) is 52.5 Å². The minimum Gasteiger partial charge on any atom is -0.363 e. The monoisotopic (exact) mass is 371 g/mol. The zero-order valence-corrected chi connectivity index (χ0v) is 16.9. The Labute approximate surface area is 162 Å². The Hall–Kier alpha value is -1.62. The summed E-state index contributed by atoms with van der Waals surface area (Å²) in [6.45, 7) is 7.23. The van der Waals surface area contributed by atoms with Crippen molar-refractivity contribution in [3.8, 4) is 0 Å². The summed E-state index contributed by atoms with van der Waals surface area (Å²) in [5.74, 6) is 0.414. The summed E-state index contributed by atoms with van der Waals surface area (Å²) in [7, 11) is 0. The lowest BCUT2D eigenvalue weighted by atomic mass is 9.77. The second kappa shape index (κ2) is 7.42. The molecule has 0 radical (unpaired) electrons. The molecule has 148 valence electrons. The van der Waals surface area contributed by atoms with E-state index in [-0.39, 0.29) is 10.8 Å². The van der Waals surface area contributed by atoms with Crippen molar-refractivity contribution in [3.05, 3.63) is 33.2 Å². The molecule has 3 fully saturated rings. The van der Waals surface area contributed by atoms with E-state index in [4.69, 9.17) is 0 Å². The fourth-order valence-electron chi connectivity index (χ4n) is 5.50. The molecule has 1 spiro atoms. The Kier molecular flexibility index (Phi) is 5.15. The van der Waals surface area contributed by atoms with E-state index >= 15 is 0 Å². The normalized spacial score (nSPS) is 27.6. The molecule has 2 saturated heterocycles. The molecule has 5 heteroatoms. The Morgan fingerprint density at radius 1 is 1.07 bits per heavy atom. The molecule has 3 heterocycles. The van der Waals surface area contributed by atoms with Crippen molar-refractivity contribution in [1.29, 1.82) is 0 Å². The Balaban J connectivity index is 1.47. The van der Waals surface area contributed by atoms with Gasteiger partial charge in [-0.25, -0.2) is 0 Å². The maximum absolute atomic E-state index is 13.5. The zero-order chi connectivity index (χ0) is 19.0. The highest BCUT2D eigenvalue weighted by molar-refractivity contribution is 5.84. The molecule has 2 aliphatic heterocycles. The smallest absolute Gasteiger partial charge is 0.230 e. The summed E-state index contributed by atoms with van der Waals surface area (Å²) in [6, 6.07) is 0.480. The van der Waals surface area contributed by atoms with Gasteiger partial charge in [0, 0.05) is 48.7 Å². The van der Waals surface area contributed by atoms with Gasteiger partial charge >= 0.3 is 0 Å². The molecule has 1 saturated carbocycles. The molecule has 1 aliphatic carbocycles. The molecule has 0 aromatic carbocycles. The lowest BCUT2D eigenvalue weighted by Crippen LogP contribution is -2.54. The lowest BCUT2D eigenvalue weighted by Gasteiger charge is -2.44. The van der Waals surface area contributed by atoms with Crippen LogP contribution in [0.5, 0.6) is 0 Å². The van der Waals surface area contributed by atoms with E-state index in [1.54, 1.807) is 0 Å². The Morgan fingerprint density at radius 2 is 1.85 bits per heavy atom. The largest absolute Gasteiger partial charge is 0.363 e. The third kappa shape index (κ3) is 3.46. The molecule has 4 rings (SSSR count). The second-order valence-electron chi connectivity index (χ2n) is 9.04. The van der Waals surface area contributed by atoms with Gasteiger partial charge < -0.3 is 9.88 Å². The van der Waals surface area contributed by atoms with Crippen molar-refractivity contribution in [1.82, 2.24) is 14.8 Å². The van der Waals surface area contributed by atoms with Crippen LogP contribution in [0.1, 0.15) is 68.2 Å². The number of rotatable bonds is 3. The van der Waals surface area contributed by atoms with Crippen LogP contribution in [-0.2, 0) is 11.3 Å². The van der Waals surface area contributed by atoms with E-state index in [1.807, 2.05) is 20.0 Å². The summed E-state index contributed by atoms with van der Waals surface area (Å²) in [5.41, 5.74) is 2.52. The minimum atomic E-state index is -0.186. The first-order valence-corrected chi connectivity index (χ1v) is 10.7. The second-order valence-corrected chi connectivity index (χ2v) is 9.04. The minimum absolute atomic E-state index is 0.134. The molecular formula is C22H33N3O2. The Bertz CT molecular complexity index is 765. The summed E-state index contributed by atoms with van der Waals surface area (Å²) < 4.78 is 0. The summed E-state index contributed by atoms with van der Waals surface area (Å²) in [4.78, 5) is 33.6. The summed E-state index contributed by atoms with van der Waals surface area (Å²) in [6.07, 6.45) is 11.2. The fraction of sp³-hybridized carbons (Fsp3) is 0.727. The van der Waals surface area contributed by atoms with Gasteiger partial charge in [-0.15, -0.1) is 0 Å². The van der Waals surface area contributed by atoms with Crippen molar-refractivity contribution < 1.29 is 4.79 Å². The van der Waals surface area contributed by atoms with E-state index in [2.05, 4.69) is 14.8 Å². The number of likely N-dealkylation sites (tertiary alicyclic amines) is 2. The quantitative estimate of drug-likeness (QED) is 0.888. The molecule has 0 bridgehead atoms. The van der Waals surface area contributed by atoms with Crippen LogP contribution in [0.25, 0.3) is 0 Å².